The summed E-state index contributed by atoms with van der Waals surface area (Å²) >= 11 is 0. The van der Waals surface area contributed by atoms with Gasteiger partial charge >= 0.3 is 0 Å². The molecule has 39 heavy (non-hydrogen) atoms. The van der Waals surface area contributed by atoms with Gasteiger partial charge in [0.1, 0.15) is 13.2 Å². The number of hydrogen-bond donors (Lipinski definition) is 0. The number of rotatable bonds is 12. The lowest BCUT2D eigenvalue weighted by Crippen LogP contribution is -2.33. The molecule has 0 saturated carbocycles. The van der Waals surface area contributed by atoms with Gasteiger partial charge in [-0.05, 0) is 68.3 Å². The van der Waals surface area contributed by atoms with Crippen LogP contribution in [0.15, 0.2) is 48.5 Å². The van der Waals surface area contributed by atoms with E-state index in [0.717, 1.165) is 87.0 Å². The Hall–Kier alpha value is -3.12. The maximum atomic E-state index is 5.90. The van der Waals surface area contributed by atoms with E-state index in [4.69, 9.17) is 19.7 Å². The first-order valence-electron chi connectivity index (χ1n) is 15.1. The van der Waals surface area contributed by atoms with Crippen LogP contribution in [-0.4, -0.2) is 47.9 Å². The van der Waals surface area contributed by atoms with Gasteiger partial charge in [0.05, 0.1) is 5.69 Å². The SMILES string of the molecule is CCCCc1c(-c2ccccc2)nnc(N2CCCCC2)c1CN(CCCC)Cc1ccc2c(c1)OCCO2. The highest BCUT2D eigenvalue weighted by Crippen LogP contribution is 2.34. The normalized spacial score (nSPS) is 15.1. The Balaban J connectivity index is 1.53. The Labute approximate surface area is 234 Å². The van der Waals surface area contributed by atoms with Crippen molar-refractivity contribution in [3.63, 3.8) is 0 Å². The van der Waals surface area contributed by atoms with Gasteiger partial charge in [0.2, 0.25) is 0 Å². The molecular formula is C33H44N4O2. The van der Waals surface area contributed by atoms with Crippen LogP contribution in [0.5, 0.6) is 11.5 Å². The number of benzene rings is 2. The topological polar surface area (TPSA) is 50.7 Å². The average molecular weight is 529 g/mol. The Morgan fingerprint density at radius 1 is 0.795 bits per heavy atom. The second-order valence-corrected chi connectivity index (χ2v) is 10.9. The summed E-state index contributed by atoms with van der Waals surface area (Å²) in [5.41, 5.74) is 6.22. The molecule has 6 heteroatoms. The molecule has 2 aliphatic heterocycles. The van der Waals surface area contributed by atoms with E-state index in [-0.39, 0.29) is 0 Å². The van der Waals surface area contributed by atoms with Crippen molar-refractivity contribution in [3.05, 3.63) is 65.2 Å². The smallest absolute Gasteiger partial charge is 0.161 e. The van der Waals surface area contributed by atoms with Crippen molar-refractivity contribution in [2.45, 2.75) is 78.3 Å². The Kier molecular flexibility index (Phi) is 9.71. The van der Waals surface area contributed by atoms with E-state index in [9.17, 15) is 0 Å². The van der Waals surface area contributed by atoms with Crippen molar-refractivity contribution in [1.82, 2.24) is 15.1 Å². The first kappa shape index (κ1) is 27.4. The van der Waals surface area contributed by atoms with Gasteiger partial charge in [-0.1, -0.05) is 63.1 Å². The van der Waals surface area contributed by atoms with Crippen LogP contribution in [0.25, 0.3) is 11.3 Å². The highest BCUT2D eigenvalue weighted by atomic mass is 16.6. The van der Waals surface area contributed by atoms with Gasteiger partial charge in [-0.2, -0.15) is 0 Å². The van der Waals surface area contributed by atoms with E-state index in [1.807, 2.05) is 0 Å². The minimum Gasteiger partial charge on any atom is -0.486 e. The minimum absolute atomic E-state index is 0.612. The molecule has 2 aliphatic rings. The van der Waals surface area contributed by atoms with Gasteiger partial charge in [-0.15, -0.1) is 10.2 Å². The summed E-state index contributed by atoms with van der Waals surface area (Å²) in [5.74, 6) is 2.82. The molecule has 5 rings (SSSR count). The quantitative estimate of drug-likeness (QED) is 0.251. The molecule has 0 radical (unpaired) electrons. The second-order valence-electron chi connectivity index (χ2n) is 10.9. The zero-order chi connectivity index (χ0) is 26.9. The van der Waals surface area contributed by atoms with E-state index in [0.29, 0.717) is 13.2 Å². The molecule has 0 amide bonds. The average Bonchev–Trinajstić information content (AvgIpc) is 2.99. The number of fused-ring (bicyclic) bond motifs is 1. The van der Waals surface area contributed by atoms with E-state index >= 15 is 0 Å². The molecule has 0 spiro atoms. The summed E-state index contributed by atoms with van der Waals surface area (Å²) in [7, 11) is 0. The van der Waals surface area contributed by atoms with Crippen molar-refractivity contribution in [2.75, 3.05) is 37.7 Å². The minimum atomic E-state index is 0.612. The Morgan fingerprint density at radius 3 is 2.33 bits per heavy atom. The summed E-state index contributed by atoms with van der Waals surface area (Å²) in [4.78, 5) is 5.10. The van der Waals surface area contributed by atoms with Crippen LogP contribution in [0.3, 0.4) is 0 Å². The highest BCUT2D eigenvalue weighted by Gasteiger charge is 2.24. The lowest BCUT2D eigenvalue weighted by molar-refractivity contribution is 0.171. The third-order valence-electron chi connectivity index (χ3n) is 7.87. The number of ether oxygens (including phenoxy) is 2. The van der Waals surface area contributed by atoms with E-state index in [1.54, 1.807) is 0 Å². The van der Waals surface area contributed by atoms with E-state index < -0.39 is 0 Å². The lowest BCUT2D eigenvalue weighted by Gasteiger charge is -2.32. The van der Waals surface area contributed by atoms with Crippen molar-refractivity contribution in [2.24, 2.45) is 0 Å². The maximum Gasteiger partial charge on any atom is 0.161 e. The molecule has 1 saturated heterocycles. The molecule has 3 heterocycles. The van der Waals surface area contributed by atoms with Crippen molar-refractivity contribution < 1.29 is 9.47 Å². The van der Waals surface area contributed by atoms with Gasteiger partial charge < -0.3 is 14.4 Å². The molecule has 0 unspecified atom stereocenters. The molecule has 1 fully saturated rings. The fourth-order valence-corrected chi connectivity index (χ4v) is 5.74. The molecule has 6 nitrogen and oxygen atoms in total. The van der Waals surface area contributed by atoms with Crippen LogP contribution >= 0.6 is 0 Å². The number of aromatic nitrogens is 2. The third-order valence-corrected chi connectivity index (χ3v) is 7.87. The predicted octanol–water partition coefficient (Wildman–Crippen LogP) is 7.05. The van der Waals surface area contributed by atoms with Crippen LogP contribution in [0.2, 0.25) is 0 Å². The second kappa shape index (κ2) is 13.8. The molecule has 0 N–H and O–H groups in total. The first-order valence-corrected chi connectivity index (χ1v) is 15.1. The maximum absolute atomic E-state index is 5.90. The zero-order valence-electron chi connectivity index (χ0n) is 23.8. The summed E-state index contributed by atoms with van der Waals surface area (Å²) < 4.78 is 11.7. The van der Waals surface area contributed by atoms with Crippen molar-refractivity contribution >= 4 is 5.82 Å². The van der Waals surface area contributed by atoms with E-state index in [2.05, 4.69) is 72.2 Å². The number of nitrogens with zero attached hydrogens (tertiary/aromatic N) is 4. The molecule has 0 aliphatic carbocycles. The van der Waals surface area contributed by atoms with Gasteiger partial charge in [0.25, 0.3) is 0 Å². The summed E-state index contributed by atoms with van der Waals surface area (Å²) in [5, 5.41) is 9.86. The molecule has 208 valence electrons. The van der Waals surface area contributed by atoms with Crippen LogP contribution in [0.4, 0.5) is 5.82 Å². The Morgan fingerprint density at radius 2 is 1.56 bits per heavy atom. The van der Waals surface area contributed by atoms with Crippen LogP contribution in [0.1, 0.15) is 75.5 Å². The molecule has 1 aromatic heterocycles. The zero-order valence-corrected chi connectivity index (χ0v) is 23.8. The van der Waals surface area contributed by atoms with Gasteiger partial charge in [0.15, 0.2) is 17.3 Å². The molecule has 0 bridgehead atoms. The third kappa shape index (κ3) is 6.91. The largest absolute Gasteiger partial charge is 0.486 e. The Bertz CT molecular complexity index is 1190. The standard InChI is InChI=1S/C33H44N4O2/c1-3-5-15-28-29(25-36(18-6-4-2)24-26-16-17-30-31(23-26)39-22-21-38-30)33(37-19-11-8-12-20-37)35-34-32(28)27-13-9-7-10-14-27/h7,9-10,13-14,16-17,23H,3-6,8,11-12,15,18-22,24-25H2,1-2H3. The van der Waals surface area contributed by atoms with Crippen molar-refractivity contribution in [3.8, 4) is 22.8 Å². The van der Waals surface area contributed by atoms with Gasteiger partial charge in [-0.25, -0.2) is 0 Å². The van der Waals surface area contributed by atoms with Crippen LogP contribution in [-0.2, 0) is 19.5 Å². The van der Waals surface area contributed by atoms with Crippen molar-refractivity contribution in [1.29, 1.82) is 0 Å². The molecule has 0 atom stereocenters. The number of piperidine rings is 1. The molecule has 3 aromatic rings. The fraction of sp³-hybridized carbons (Fsp3) is 0.515. The highest BCUT2D eigenvalue weighted by molar-refractivity contribution is 5.67. The van der Waals surface area contributed by atoms with E-state index in [1.165, 1.54) is 42.4 Å². The summed E-state index contributed by atoms with van der Waals surface area (Å²) in [6, 6.07) is 17.1. The number of unbranched alkanes of at least 4 members (excludes halogenated alkanes) is 2. The fourth-order valence-electron chi connectivity index (χ4n) is 5.74. The monoisotopic (exact) mass is 528 g/mol. The molecular weight excluding hydrogens is 484 g/mol. The van der Waals surface area contributed by atoms with Gasteiger partial charge in [0, 0.05) is 37.3 Å². The summed E-state index contributed by atoms with van der Waals surface area (Å²) in [6.45, 7) is 10.7. The molecule has 2 aromatic carbocycles. The number of anilines is 1. The number of hydrogen-bond acceptors (Lipinski definition) is 6. The van der Waals surface area contributed by atoms with Gasteiger partial charge in [-0.3, -0.25) is 4.90 Å². The van der Waals surface area contributed by atoms with Crippen LogP contribution < -0.4 is 14.4 Å². The summed E-state index contributed by atoms with van der Waals surface area (Å²) in [6.07, 6.45) is 9.42. The predicted molar refractivity (Wildman–Crippen MR) is 159 cm³/mol. The lowest BCUT2D eigenvalue weighted by atomic mass is 9.95. The first-order chi connectivity index (χ1) is 19.3. The van der Waals surface area contributed by atoms with Crippen LogP contribution in [0, 0.1) is 0 Å².